The Bertz CT molecular complexity index is 638. The number of rotatable bonds is 2. The Morgan fingerprint density at radius 2 is 1.95 bits per heavy atom. The largest absolute Gasteiger partial charge is 0.416 e. The Labute approximate surface area is 113 Å². The molecule has 1 aromatic rings. The maximum absolute atomic E-state index is 12.6. The van der Waals surface area contributed by atoms with Gasteiger partial charge in [0.1, 0.15) is 0 Å². The van der Waals surface area contributed by atoms with Crippen LogP contribution in [-0.4, -0.2) is 18.2 Å². The standard InChI is InChI=1S/C14H10F3NO2/c1-2-3-4-7-18-11-6-5-9(14(15,16)17)8-10(11)12(19)13(18)20/h5-6,8H,4,7H2,1H3. The van der Waals surface area contributed by atoms with Crippen LogP contribution < -0.4 is 4.90 Å². The summed E-state index contributed by atoms with van der Waals surface area (Å²) in [4.78, 5) is 24.7. The first kappa shape index (κ1) is 14.1. The van der Waals surface area contributed by atoms with Crippen molar-refractivity contribution in [1.29, 1.82) is 0 Å². The number of carbonyl (C=O) groups is 2. The van der Waals surface area contributed by atoms with Crippen LogP contribution in [0.4, 0.5) is 18.9 Å². The fourth-order valence-electron chi connectivity index (χ4n) is 1.99. The molecule has 0 radical (unpaired) electrons. The first-order valence-electron chi connectivity index (χ1n) is 5.83. The van der Waals surface area contributed by atoms with Gasteiger partial charge in [0.2, 0.25) is 0 Å². The molecule has 0 bridgehead atoms. The van der Waals surface area contributed by atoms with E-state index >= 15 is 0 Å². The van der Waals surface area contributed by atoms with Crippen molar-refractivity contribution in [2.24, 2.45) is 0 Å². The number of hydrogen-bond acceptors (Lipinski definition) is 2. The minimum absolute atomic E-state index is 0.184. The molecule has 0 saturated heterocycles. The first-order chi connectivity index (χ1) is 9.36. The topological polar surface area (TPSA) is 37.4 Å². The highest BCUT2D eigenvalue weighted by Gasteiger charge is 2.38. The summed E-state index contributed by atoms with van der Waals surface area (Å²) in [6.45, 7) is 1.82. The van der Waals surface area contributed by atoms with Gasteiger partial charge in [0.25, 0.3) is 11.7 Å². The van der Waals surface area contributed by atoms with Crippen molar-refractivity contribution in [2.45, 2.75) is 19.5 Å². The Morgan fingerprint density at radius 1 is 1.25 bits per heavy atom. The number of ketones is 1. The molecule has 104 valence electrons. The lowest BCUT2D eigenvalue weighted by molar-refractivity contribution is -0.137. The van der Waals surface area contributed by atoms with Gasteiger partial charge in [-0.05, 0) is 25.1 Å². The zero-order chi connectivity index (χ0) is 14.9. The van der Waals surface area contributed by atoms with Gasteiger partial charge in [-0.2, -0.15) is 13.2 Å². The average Bonchev–Trinajstić information content (AvgIpc) is 2.63. The summed E-state index contributed by atoms with van der Waals surface area (Å²) in [5.74, 6) is 3.68. The van der Waals surface area contributed by atoms with Crippen molar-refractivity contribution in [3.05, 3.63) is 29.3 Å². The van der Waals surface area contributed by atoms with Gasteiger partial charge in [0.15, 0.2) is 0 Å². The molecule has 0 aromatic heterocycles. The number of anilines is 1. The first-order valence-corrected chi connectivity index (χ1v) is 5.83. The van der Waals surface area contributed by atoms with Crippen LogP contribution in [-0.2, 0) is 11.0 Å². The Kier molecular flexibility index (Phi) is 3.53. The molecule has 0 unspecified atom stereocenters. The quantitative estimate of drug-likeness (QED) is 0.617. The molecule has 3 nitrogen and oxygen atoms in total. The van der Waals surface area contributed by atoms with Crippen LogP contribution in [0.2, 0.25) is 0 Å². The summed E-state index contributed by atoms with van der Waals surface area (Å²) < 4.78 is 37.8. The molecule has 1 heterocycles. The summed E-state index contributed by atoms with van der Waals surface area (Å²) in [7, 11) is 0. The lowest BCUT2D eigenvalue weighted by Crippen LogP contribution is -2.30. The van der Waals surface area contributed by atoms with Crippen LogP contribution in [0.5, 0.6) is 0 Å². The van der Waals surface area contributed by atoms with Gasteiger partial charge in [-0.1, -0.05) is 0 Å². The summed E-state index contributed by atoms with van der Waals surface area (Å²) in [5.41, 5.74) is -0.923. The molecule has 6 heteroatoms. The second kappa shape index (κ2) is 5.00. The second-order valence-corrected chi connectivity index (χ2v) is 4.19. The summed E-state index contributed by atoms with van der Waals surface area (Å²) >= 11 is 0. The number of benzene rings is 1. The molecular formula is C14H10F3NO2. The molecule has 0 aliphatic carbocycles. The third-order valence-electron chi connectivity index (χ3n) is 2.94. The fourth-order valence-corrected chi connectivity index (χ4v) is 1.99. The summed E-state index contributed by atoms with van der Waals surface area (Å²) in [6.07, 6.45) is -4.19. The Morgan fingerprint density at radius 3 is 2.55 bits per heavy atom. The van der Waals surface area contributed by atoms with Crippen molar-refractivity contribution >= 4 is 17.4 Å². The molecule has 0 N–H and O–H groups in total. The lowest BCUT2D eigenvalue weighted by Gasteiger charge is -2.15. The highest BCUT2D eigenvalue weighted by molar-refractivity contribution is 6.52. The van der Waals surface area contributed by atoms with E-state index in [0.29, 0.717) is 6.42 Å². The number of alkyl halides is 3. The van der Waals surface area contributed by atoms with Gasteiger partial charge in [0, 0.05) is 13.0 Å². The van der Waals surface area contributed by atoms with Crippen LogP contribution in [0.1, 0.15) is 29.3 Å². The van der Waals surface area contributed by atoms with Gasteiger partial charge >= 0.3 is 6.18 Å². The van der Waals surface area contributed by atoms with Crippen molar-refractivity contribution in [3.8, 4) is 11.8 Å². The monoisotopic (exact) mass is 281 g/mol. The number of halogens is 3. The van der Waals surface area contributed by atoms with Crippen LogP contribution in [0.3, 0.4) is 0 Å². The van der Waals surface area contributed by atoms with E-state index in [4.69, 9.17) is 0 Å². The highest BCUT2D eigenvalue weighted by atomic mass is 19.4. The molecule has 1 aliphatic rings. The van der Waals surface area contributed by atoms with Gasteiger partial charge in [-0.3, -0.25) is 9.59 Å². The van der Waals surface area contributed by atoms with E-state index in [1.54, 1.807) is 6.92 Å². The summed E-state index contributed by atoms with van der Waals surface area (Å²) in [6, 6.07) is 2.74. The van der Waals surface area contributed by atoms with E-state index in [-0.39, 0.29) is 17.8 Å². The molecule has 0 atom stereocenters. The fraction of sp³-hybridized carbons (Fsp3) is 0.286. The van der Waals surface area contributed by atoms with Gasteiger partial charge in [-0.15, -0.1) is 11.8 Å². The Hall–Kier alpha value is -2.29. The second-order valence-electron chi connectivity index (χ2n) is 4.19. The maximum atomic E-state index is 12.6. The maximum Gasteiger partial charge on any atom is 0.416 e. The van der Waals surface area contributed by atoms with Crippen molar-refractivity contribution < 1.29 is 22.8 Å². The zero-order valence-corrected chi connectivity index (χ0v) is 10.5. The van der Waals surface area contributed by atoms with Crippen molar-refractivity contribution in [1.82, 2.24) is 0 Å². The SMILES string of the molecule is CC#CCCN1C(=O)C(=O)c2cc(C(F)(F)F)ccc21. The molecule has 1 aromatic carbocycles. The van der Waals surface area contributed by atoms with Crippen molar-refractivity contribution in [2.75, 3.05) is 11.4 Å². The zero-order valence-electron chi connectivity index (χ0n) is 10.5. The van der Waals surface area contributed by atoms with E-state index in [1.807, 2.05) is 0 Å². The minimum Gasteiger partial charge on any atom is -0.304 e. The predicted molar refractivity (Wildman–Crippen MR) is 66.2 cm³/mol. The minimum atomic E-state index is -4.54. The molecular weight excluding hydrogens is 271 g/mol. The number of Topliss-reactive ketones (excluding diaryl/α,β-unsaturated/α-hetero) is 1. The smallest absolute Gasteiger partial charge is 0.304 e. The van der Waals surface area contributed by atoms with Crippen molar-refractivity contribution in [3.63, 3.8) is 0 Å². The van der Waals surface area contributed by atoms with Crippen LogP contribution in [0, 0.1) is 11.8 Å². The third-order valence-corrected chi connectivity index (χ3v) is 2.94. The molecule has 0 fully saturated rings. The molecule has 1 aliphatic heterocycles. The number of fused-ring (bicyclic) bond motifs is 1. The molecule has 0 saturated carbocycles. The van der Waals surface area contributed by atoms with Gasteiger partial charge in [0.05, 0.1) is 16.8 Å². The van der Waals surface area contributed by atoms with Crippen LogP contribution >= 0.6 is 0 Å². The van der Waals surface area contributed by atoms with E-state index in [0.717, 1.165) is 18.2 Å². The molecule has 1 amide bonds. The van der Waals surface area contributed by atoms with E-state index in [1.165, 1.54) is 4.90 Å². The molecule has 0 spiro atoms. The Balaban J connectivity index is 2.38. The lowest BCUT2D eigenvalue weighted by atomic mass is 10.1. The van der Waals surface area contributed by atoms with E-state index in [9.17, 15) is 22.8 Å². The number of carbonyl (C=O) groups excluding carboxylic acids is 2. The van der Waals surface area contributed by atoms with Gasteiger partial charge in [-0.25, -0.2) is 0 Å². The van der Waals surface area contributed by atoms with Crippen LogP contribution in [0.15, 0.2) is 18.2 Å². The average molecular weight is 281 g/mol. The number of nitrogens with zero attached hydrogens (tertiary/aromatic N) is 1. The van der Waals surface area contributed by atoms with Gasteiger partial charge < -0.3 is 4.90 Å². The van der Waals surface area contributed by atoms with E-state index in [2.05, 4.69) is 11.8 Å². The predicted octanol–water partition coefficient (Wildman–Crippen LogP) is 2.65. The normalized spacial score (nSPS) is 14.1. The summed E-state index contributed by atoms with van der Waals surface area (Å²) in [5, 5.41) is 0. The number of hydrogen-bond donors (Lipinski definition) is 0. The molecule has 2 rings (SSSR count). The third kappa shape index (κ3) is 2.39. The number of amides is 1. The molecule has 20 heavy (non-hydrogen) atoms. The van der Waals surface area contributed by atoms with E-state index < -0.39 is 23.4 Å². The van der Waals surface area contributed by atoms with Crippen LogP contribution in [0.25, 0.3) is 0 Å². The highest BCUT2D eigenvalue weighted by Crippen LogP contribution is 2.35.